The molecule has 4 atom stereocenters. The average Bonchev–Trinajstić information content (AvgIpc) is 3.81. The molecule has 3 aromatic rings. The highest BCUT2D eigenvalue weighted by atomic mass is 127. The molecule has 4 amide bonds. The summed E-state index contributed by atoms with van der Waals surface area (Å²) in [5, 5.41) is 11.3. The summed E-state index contributed by atoms with van der Waals surface area (Å²) in [4.78, 5) is 44.3. The van der Waals surface area contributed by atoms with Gasteiger partial charge < -0.3 is 44.9 Å². The number of nitrogens with one attached hydrogen (secondary N) is 4. The Hall–Kier alpha value is -3.94. The first-order chi connectivity index (χ1) is 27.1. The van der Waals surface area contributed by atoms with Crippen LogP contribution >= 0.6 is 22.6 Å². The lowest BCUT2D eigenvalue weighted by atomic mass is 9.84. The van der Waals surface area contributed by atoms with Gasteiger partial charge in [0.25, 0.3) is 0 Å². The van der Waals surface area contributed by atoms with Crippen molar-refractivity contribution >= 4 is 40.6 Å². The van der Waals surface area contributed by atoms with E-state index in [1.54, 1.807) is 18.0 Å². The molecule has 2 fully saturated rings. The number of hydrogen-bond donors (Lipinski definition) is 4. The van der Waals surface area contributed by atoms with Crippen LogP contribution in [0.5, 0.6) is 0 Å². The number of aromatic nitrogens is 2. The van der Waals surface area contributed by atoms with Crippen molar-refractivity contribution in [3.63, 3.8) is 0 Å². The van der Waals surface area contributed by atoms with E-state index in [1.165, 1.54) is 0 Å². The minimum absolute atomic E-state index is 0.00672. The number of urea groups is 1. The number of carbonyl (C=O) groups is 3. The fourth-order valence-electron chi connectivity index (χ4n) is 6.89. The number of nitrogens with zero attached hydrogens (tertiary/aromatic N) is 3. The van der Waals surface area contributed by atoms with Gasteiger partial charge in [0.15, 0.2) is 0 Å². The molecule has 13 nitrogen and oxygen atoms in total. The van der Waals surface area contributed by atoms with E-state index >= 15 is 8.78 Å². The number of carbonyl (C=O) groups excluding carboxylic acids is 3. The highest BCUT2D eigenvalue weighted by Gasteiger charge is 2.36. The molecule has 56 heavy (non-hydrogen) atoms. The Balaban J connectivity index is 1.32. The Bertz CT molecular complexity index is 1720. The van der Waals surface area contributed by atoms with Gasteiger partial charge in [0.05, 0.1) is 29.4 Å². The number of hydrogen-bond acceptors (Lipinski definition) is 8. The van der Waals surface area contributed by atoms with E-state index in [4.69, 9.17) is 19.2 Å². The van der Waals surface area contributed by atoms with Gasteiger partial charge in [-0.15, -0.1) is 0 Å². The fraction of sp³-hybridized carbons (Fsp3) is 0.538. The van der Waals surface area contributed by atoms with Gasteiger partial charge in [-0.05, 0) is 49.4 Å². The van der Waals surface area contributed by atoms with Gasteiger partial charge >= 0.3 is 12.1 Å². The average molecular weight is 898 g/mol. The molecule has 2 aliphatic heterocycles. The van der Waals surface area contributed by atoms with Crippen LogP contribution in [0.2, 0.25) is 0 Å². The van der Waals surface area contributed by atoms with Crippen molar-refractivity contribution in [1.29, 1.82) is 0 Å². The van der Waals surface area contributed by atoms with Crippen LogP contribution in [0.25, 0.3) is 11.3 Å². The lowest BCUT2D eigenvalue weighted by Gasteiger charge is -2.36. The van der Waals surface area contributed by atoms with E-state index in [-0.39, 0.29) is 68.4 Å². The highest BCUT2D eigenvalue weighted by molar-refractivity contribution is 14.1. The number of benzene rings is 2. The first-order valence-corrected chi connectivity index (χ1v) is 20.5. The molecule has 2 aliphatic rings. The third-order valence-corrected chi connectivity index (χ3v) is 10.5. The Kier molecular flexibility index (Phi) is 17.1. The summed E-state index contributed by atoms with van der Waals surface area (Å²) in [6, 6.07) is 11.9. The largest absolute Gasteiger partial charge is 0.447 e. The van der Waals surface area contributed by atoms with E-state index in [9.17, 15) is 18.8 Å². The molecule has 0 saturated carbocycles. The molecule has 5 rings (SSSR count). The maximum atomic E-state index is 15.2. The second kappa shape index (κ2) is 22.1. The predicted octanol–water partition coefficient (Wildman–Crippen LogP) is 4.64. The lowest BCUT2D eigenvalue weighted by molar-refractivity contribution is -0.118. The van der Waals surface area contributed by atoms with Gasteiger partial charge in [-0.25, -0.2) is 27.7 Å². The van der Waals surface area contributed by atoms with Gasteiger partial charge in [-0.1, -0.05) is 52.9 Å². The molecule has 0 spiro atoms. The van der Waals surface area contributed by atoms with Gasteiger partial charge in [-0.2, -0.15) is 0 Å². The molecule has 2 saturated heterocycles. The van der Waals surface area contributed by atoms with Gasteiger partial charge in [-0.3, -0.25) is 4.79 Å². The van der Waals surface area contributed by atoms with Crippen LogP contribution in [-0.4, -0.2) is 121 Å². The number of alkyl halides is 2. The summed E-state index contributed by atoms with van der Waals surface area (Å²) in [5.74, 6) is -1.52. The highest BCUT2D eigenvalue weighted by Crippen LogP contribution is 2.36. The summed E-state index contributed by atoms with van der Waals surface area (Å²) >= 11 is 1.97. The van der Waals surface area contributed by atoms with Gasteiger partial charge in [0.1, 0.15) is 30.2 Å². The normalized spacial score (nSPS) is 18.2. The van der Waals surface area contributed by atoms with Crippen LogP contribution in [-0.2, 0) is 25.5 Å². The van der Waals surface area contributed by atoms with Crippen molar-refractivity contribution in [3.8, 4) is 11.3 Å². The smallest absolute Gasteiger partial charge is 0.407 e. The fourth-order valence-corrected chi connectivity index (χ4v) is 7.16. The van der Waals surface area contributed by atoms with Crippen LogP contribution in [0.1, 0.15) is 37.1 Å². The first-order valence-electron chi connectivity index (χ1n) is 19.0. The van der Waals surface area contributed by atoms with Crippen molar-refractivity contribution in [1.82, 2.24) is 35.7 Å². The minimum atomic E-state index is -1.15. The minimum Gasteiger partial charge on any atom is -0.447 e. The summed E-state index contributed by atoms with van der Waals surface area (Å²) in [6.07, 6.45) is 1.24. The van der Waals surface area contributed by atoms with Gasteiger partial charge in [0.2, 0.25) is 5.91 Å². The summed E-state index contributed by atoms with van der Waals surface area (Å²) in [5.41, 5.74) is 1.26. The Labute approximate surface area is 338 Å². The Morgan fingerprint density at radius 2 is 1.82 bits per heavy atom. The summed E-state index contributed by atoms with van der Waals surface area (Å²) < 4.78 is 63.4. The van der Waals surface area contributed by atoms with Gasteiger partial charge in [0, 0.05) is 82.6 Å². The zero-order chi connectivity index (χ0) is 39.9. The number of halogens is 4. The Morgan fingerprint density at radius 3 is 2.54 bits per heavy atom. The van der Waals surface area contributed by atoms with E-state index in [0.29, 0.717) is 62.5 Å². The quantitative estimate of drug-likeness (QED) is 0.0774. The van der Waals surface area contributed by atoms with E-state index < -0.39 is 41.9 Å². The maximum Gasteiger partial charge on any atom is 0.407 e. The molecule has 3 heterocycles. The molecule has 17 heteroatoms. The topological polar surface area (TPSA) is 148 Å². The SMILES string of the molecule is C[C@@H](COC(=O)NCCOCCNC(=O)CI)NC(=O)N(C[C@@H]1CNC[C@@H]1F)C[C@@H](c1nc(-c2cc(F)ccc2F)cn1Cc1ccccc1)C1CCOCC1. The van der Waals surface area contributed by atoms with E-state index in [1.807, 2.05) is 57.5 Å². The standard InChI is InChI=1S/C39H51F3IN7O6/c1-26(25-56-39(53)46-12-16-55-15-11-45-36(51)18-43)47-38(52)50(22-29-19-44-20-34(29)42)23-32(28-9-13-54-14-10-28)37-48-35(31-17-30(40)7-8-33(31)41)24-49(37)21-27-5-3-2-4-6-27/h2-8,17,24,26,28-29,32,34,44H,9-16,18-23,25H2,1H3,(H,45,51)(H,46,53)(H,47,52)/t26-,29-,32+,34-/m0/s1. The monoisotopic (exact) mass is 897 g/mol. The Morgan fingerprint density at radius 1 is 1.07 bits per heavy atom. The summed E-state index contributed by atoms with van der Waals surface area (Å²) in [7, 11) is 0. The van der Waals surface area contributed by atoms with Crippen molar-refractivity contribution in [2.75, 3.05) is 76.7 Å². The second-order valence-corrected chi connectivity index (χ2v) is 14.9. The molecule has 1 aromatic heterocycles. The maximum absolute atomic E-state index is 15.2. The van der Waals surface area contributed by atoms with Crippen LogP contribution < -0.4 is 21.3 Å². The molecule has 0 unspecified atom stereocenters. The number of imidazole rings is 1. The number of ether oxygens (including phenoxy) is 3. The third-order valence-electron chi connectivity index (χ3n) is 9.83. The zero-order valence-electron chi connectivity index (χ0n) is 31.5. The second-order valence-electron chi connectivity index (χ2n) is 14.1. The van der Waals surface area contributed by atoms with Crippen LogP contribution in [0.15, 0.2) is 54.7 Å². The van der Waals surface area contributed by atoms with Crippen molar-refractivity contribution in [3.05, 3.63) is 77.8 Å². The summed E-state index contributed by atoms with van der Waals surface area (Å²) in [6.45, 7) is 4.92. The lowest BCUT2D eigenvalue weighted by Crippen LogP contribution is -2.50. The predicted molar refractivity (Wildman–Crippen MR) is 212 cm³/mol. The van der Waals surface area contributed by atoms with Crippen molar-refractivity contribution in [2.24, 2.45) is 11.8 Å². The molecule has 0 radical (unpaired) electrons. The molecule has 306 valence electrons. The molecular formula is C39H51F3IN7O6. The molecular weight excluding hydrogens is 846 g/mol. The molecule has 2 aromatic carbocycles. The number of amides is 4. The van der Waals surface area contributed by atoms with Crippen molar-refractivity contribution < 1.29 is 41.8 Å². The van der Waals surface area contributed by atoms with E-state index in [2.05, 4.69) is 21.3 Å². The van der Waals surface area contributed by atoms with Crippen LogP contribution in [0.4, 0.5) is 22.8 Å². The molecule has 4 N–H and O–H groups in total. The van der Waals surface area contributed by atoms with Crippen molar-refractivity contribution in [2.45, 2.75) is 44.4 Å². The third kappa shape index (κ3) is 13.1. The molecule has 0 bridgehead atoms. The zero-order valence-corrected chi connectivity index (χ0v) is 33.6. The van der Waals surface area contributed by atoms with Crippen LogP contribution in [0, 0.1) is 23.5 Å². The van der Waals surface area contributed by atoms with E-state index in [0.717, 1.165) is 23.8 Å². The number of alkyl carbamates (subject to hydrolysis) is 1. The number of rotatable bonds is 19. The molecule has 0 aliphatic carbocycles. The van der Waals surface area contributed by atoms with Crippen LogP contribution in [0.3, 0.4) is 0 Å². The first kappa shape index (κ1) is 43.2.